The largest absolute Gasteiger partial charge is 0.380 e. The Labute approximate surface area is 111 Å². The van der Waals surface area contributed by atoms with Gasteiger partial charge in [0.15, 0.2) is 0 Å². The second-order valence-corrected chi connectivity index (χ2v) is 4.15. The summed E-state index contributed by atoms with van der Waals surface area (Å²) in [6.07, 6.45) is 3.58. The maximum atomic E-state index is 4.09. The Morgan fingerprint density at radius 1 is 1.12 bits per heavy atom. The fraction of sp³-hybridized carbons (Fsp3) is 0.214. The SMILES string of the molecule is Brc1cncc(NCc2ccccc2)c1.CC. The molecule has 0 bridgehead atoms. The molecule has 0 amide bonds. The number of benzene rings is 1. The zero-order chi connectivity index (χ0) is 12.5. The van der Waals surface area contributed by atoms with Gasteiger partial charge < -0.3 is 5.32 Å². The molecule has 3 heteroatoms. The van der Waals surface area contributed by atoms with E-state index >= 15 is 0 Å². The molecule has 0 saturated heterocycles. The van der Waals surface area contributed by atoms with Crippen molar-refractivity contribution in [3.05, 3.63) is 58.8 Å². The second kappa shape index (κ2) is 7.85. The van der Waals surface area contributed by atoms with Crippen molar-refractivity contribution >= 4 is 21.6 Å². The first kappa shape index (κ1) is 13.7. The summed E-state index contributed by atoms with van der Waals surface area (Å²) in [6, 6.07) is 12.3. The van der Waals surface area contributed by atoms with Crippen LogP contribution in [0.2, 0.25) is 0 Å². The van der Waals surface area contributed by atoms with Crippen LogP contribution >= 0.6 is 15.9 Å². The number of halogens is 1. The van der Waals surface area contributed by atoms with Crippen molar-refractivity contribution in [3.63, 3.8) is 0 Å². The number of nitrogens with one attached hydrogen (secondary N) is 1. The summed E-state index contributed by atoms with van der Waals surface area (Å²) in [6.45, 7) is 4.82. The smallest absolute Gasteiger partial charge is 0.0540 e. The first-order valence-corrected chi connectivity index (χ1v) is 6.52. The molecule has 0 saturated carbocycles. The first-order valence-electron chi connectivity index (χ1n) is 5.73. The predicted molar refractivity (Wildman–Crippen MR) is 77.1 cm³/mol. The molecule has 0 fully saturated rings. The minimum atomic E-state index is 0.818. The van der Waals surface area contributed by atoms with E-state index in [1.54, 1.807) is 6.20 Å². The molecule has 0 radical (unpaired) electrons. The van der Waals surface area contributed by atoms with Gasteiger partial charge in [0.05, 0.1) is 11.9 Å². The van der Waals surface area contributed by atoms with E-state index in [2.05, 4.69) is 38.4 Å². The van der Waals surface area contributed by atoms with E-state index in [4.69, 9.17) is 0 Å². The molecular formula is C14H17BrN2. The van der Waals surface area contributed by atoms with Crippen LogP contribution in [-0.2, 0) is 6.54 Å². The average molecular weight is 293 g/mol. The molecule has 0 aliphatic carbocycles. The number of rotatable bonds is 3. The molecule has 0 unspecified atom stereocenters. The van der Waals surface area contributed by atoms with Crippen LogP contribution in [-0.4, -0.2) is 4.98 Å². The number of hydrogen-bond acceptors (Lipinski definition) is 2. The molecule has 1 aromatic heterocycles. The van der Waals surface area contributed by atoms with Crippen LogP contribution in [0, 0.1) is 0 Å². The predicted octanol–water partition coefficient (Wildman–Crippen LogP) is 4.48. The van der Waals surface area contributed by atoms with Crippen molar-refractivity contribution in [1.82, 2.24) is 4.98 Å². The quantitative estimate of drug-likeness (QED) is 0.902. The maximum Gasteiger partial charge on any atom is 0.0540 e. The molecule has 2 nitrogen and oxygen atoms in total. The molecular weight excluding hydrogens is 276 g/mol. The van der Waals surface area contributed by atoms with Crippen molar-refractivity contribution in [2.24, 2.45) is 0 Å². The van der Waals surface area contributed by atoms with Crippen LogP contribution in [0.4, 0.5) is 5.69 Å². The second-order valence-electron chi connectivity index (χ2n) is 3.23. The Morgan fingerprint density at radius 2 is 1.82 bits per heavy atom. The number of aromatic nitrogens is 1. The summed E-state index contributed by atoms with van der Waals surface area (Å²) in [5.41, 5.74) is 2.28. The van der Waals surface area contributed by atoms with E-state index in [0.29, 0.717) is 0 Å². The lowest BCUT2D eigenvalue weighted by Crippen LogP contribution is -1.99. The van der Waals surface area contributed by atoms with Gasteiger partial charge in [0.2, 0.25) is 0 Å². The van der Waals surface area contributed by atoms with Gasteiger partial charge in [0.25, 0.3) is 0 Å². The van der Waals surface area contributed by atoms with E-state index in [1.165, 1.54) is 5.56 Å². The highest BCUT2D eigenvalue weighted by molar-refractivity contribution is 9.10. The van der Waals surface area contributed by atoms with E-state index in [0.717, 1.165) is 16.7 Å². The maximum absolute atomic E-state index is 4.09. The van der Waals surface area contributed by atoms with Crippen LogP contribution in [0.3, 0.4) is 0 Å². The van der Waals surface area contributed by atoms with Crippen LogP contribution in [0.1, 0.15) is 19.4 Å². The molecule has 2 rings (SSSR count). The first-order chi connectivity index (χ1) is 8.34. The van der Waals surface area contributed by atoms with E-state index in [9.17, 15) is 0 Å². The van der Waals surface area contributed by atoms with E-state index in [1.807, 2.05) is 44.3 Å². The van der Waals surface area contributed by atoms with Gasteiger partial charge in [-0.3, -0.25) is 4.98 Å². The van der Waals surface area contributed by atoms with E-state index < -0.39 is 0 Å². The fourth-order valence-electron chi connectivity index (χ4n) is 1.31. The minimum Gasteiger partial charge on any atom is -0.380 e. The van der Waals surface area contributed by atoms with Gasteiger partial charge in [-0.15, -0.1) is 0 Å². The lowest BCUT2D eigenvalue weighted by Gasteiger charge is -2.05. The van der Waals surface area contributed by atoms with Crippen molar-refractivity contribution < 1.29 is 0 Å². The standard InChI is InChI=1S/C12H11BrN2.C2H6/c13-11-6-12(9-14-8-11)15-7-10-4-2-1-3-5-10;1-2/h1-6,8-9,15H,7H2;1-2H3. The Balaban J connectivity index is 0.000000686. The number of nitrogens with zero attached hydrogens (tertiary/aromatic N) is 1. The third kappa shape index (κ3) is 5.00. The third-order valence-corrected chi connectivity index (χ3v) is 2.48. The molecule has 1 aromatic carbocycles. The molecule has 1 heterocycles. The number of pyridine rings is 1. The zero-order valence-corrected chi connectivity index (χ0v) is 11.7. The summed E-state index contributed by atoms with van der Waals surface area (Å²) in [4.78, 5) is 4.09. The third-order valence-electron chi connectivity index (χ3n) is 2.04. The molecule has 0 spiro atoms. The van der Waals surface area contributed by atoms with Crippen molar-refractivity contribution in [2.45, 2.75) is 20.4 Å². The van der Waals surface area contributed by atoms with Gasteiger partial charge in [0.1, 0.15) is 0 Å². The molecule has 17 heavy (non-hydrogen) atoms. The molecule has 1 N–H and O–H groups in total. The van der Waals surface area contributed by atoms with Gasteiger partial charge in [0, 0.05) is 17.2 Å². The summed E-state index contributed by atoms with van der Waals surface area (Å²) >= 11 is 3.39. The molecule has 0 atom stereocenters. The van der Waals surface area contributed by atoms with Gasteiger partial charge in [-0.25, -0.2) is 0 Å². The highest BCUT2D eigenvalue weighted by Gasteiger charge is 1.94. The van der Waals surface area contributed by atoms with Crippen molar-refractivity contribution in [1.29, 1.82) is 0 Å². The van der Waals surface area contributed by atoms with Gasteiger partial charge in [-0.1, -0.05) is 44.2 Å². The zero-order valence-electron chi connectivity index (χ0n) is 10.2. The van der Waals surface area contributed by atoms with E-state index in [-0.39, 0.29) is 0 Å². The van der Waals surface area contributed by atoms with Crippen LogP contribution in [0.5, 0.6) is 0 Å². The topological polar surface area (TPSA) is 24.9 Å². The van der Waals surface area contributed by atoms with Gasteiger partial charge >= 0.3 is 0 Å². The molecule has 2 aromatic rings. The van der Waals surface area contributed by atoms with Gasteiger partial charge in [-0.2, -0.15) is 0 Å². The van der Waals surface area contributed by atoms with Crippen LogP contribution < -0.4 is 5.32 Å². The number of hydrogen-bond donors (Lipinski definition) is 1. The van der Waals surface area contributed by atoms with Crippen LogP contribution in [0.15, 0.2) is 53.3 Å². The minimum absolute atomic E-state index is 0.818. The number of anilines is 1. The molecule has 90 valence electrons. The molecule has 0 aliphatic rings. The summed E-state index contributed by atoms with van der Waals surface area (Å²) in [7, 11) is 0. The Kier molecular flexibility index (Phi) is 6.33. The Morgan fingerprint density at radius 3 is 2.47 bits per heavy atom. The van der Waals surface area contributed by atoms with Crippen LogP contribution in [0.25, 0.3) is 0 Å². The van der Waals surface area contributed by atoms with Crippen molar-refractivity contribution in [3.8, 4) is 0 Å². The molecule has 0 aliphatic heterocycles. The van der Waals surface area contributed by atoms with Gasteiger partial charge in [-0.05, 0) is 27.6 Å². The summed E-state index contributed by atoms with van der Waals surface area (Å²) in [5.74, 6) is 0. The lowest BCUT2D eigenvalue weighted by molar-refractivity contribution is 1.13. The average Bonchev–Trinajstić information content (AvgIpc) is 2.40. The van der Waals surface area contributed by atoms with Crippen molar-refractivity contribution in [2.75, 3.05) is 5.32 Å². The summed E-state index contributed by atoms with van der Waals surface area (Å²) in [5, 5.41) is 3.31. The monoisotopic (exact) mass is 292 g/mol. The normalized spacial score (nSPS) is 9.12. The highest BCUT2D eigenvalue weighted by atomic mass is 79.9. The summed E-state index contributed by atoms with van der Waals surface area (Å²) < 4.78 is 0.987. The Bertz CT molecular complexity index is 429. The lowest BCUT2D eigenvalue weighted by atomic mass is 10.2. The fourth-order valence-corrected chi connectivity index (χ4v) is 1.67. The Hall–Kier alpha value is -1.35. The highest BCUT2D eigenvalue weighted by Crippen LogP contribution is 2.14.